The summed E-state index contributed by atoms with van der Waals surface area (Å²) in [4.78, 5) is 32.7. The number of nitrogens with zero attached hydrogens (tertiary/aromatic N) is 5. The van der Waals surface area contributed by atoms with Gasteiger partial charge in [0.2, 0.25) is 5.91 Å². The number of aromatic nitrogens is 6. The highest BCUT2D eigenvalue weighted by Crippen LogP contribution is 2.44. The van der Waals surface area contributed by atoms with E-state index < -0.39 is 5.60 Å². The number of carbonyl (C=O) groups excluding carboxylic acids is 1. The summed E-state index contributed by atoms with van der Waals surface area (Å²) in [5.41, 5.74) is 4.10. The Bertz CT molecular complexity index is 1800. The number of carbonyl (C=O) groups is 1. The largest absolute Gasteiger partial charge is 0.490 e. The van der Waals surface area contributed by atoms with Gasteiger partial charge in [-0.1, -0.05) is 12.1 Å². The first-order valence-electron chi connectivity index (χ1n) is 13.9. The fourth-order valence-electron chi connectivity index (χ4n) is 5.27. The summed E-state index contributed by atoms with van der Waals surface area (Å²) in [6, 6.07) is 8.18. The van der Waals surface area contributed by atoms with Gasteiger partial charge in [0.05, 0.1) is 64.5 Å². The molecule has 0 bridgehead atoms. The van der Waals surface area contributed by atoms with E-state index in [1.54, 1.807) is 36.2 Å². The molecular formula is C30H30N8O3S. The molecule has 42 heavy (non-hydrogen) atoms. The first kappa shape index (κ1) is 26.4. The number of fused-ring (bicyclic) bond motifs is 2. The summed E-state index contributed by atoms with van der Waals surface area (Å²) >= 11 is 1.69. The lowest BCUT2D eigenvalue weighted by molar-refractivity contribution is -0.116. The number of anilines is 1. The lowest BCUT2D eigenvalue weighted by Crippen LogP contribution is -2.36. The van der Waals surface area contributed by atoms with E-state index in [0.717, 1.165) is 74.6 Å². The van der Waals surface area contributed by atoms with Crippen LogP contribution in [0.1, 0.15) is 30.3 Å². The SMILES string of the molecule is CC1(c2cc3nc(-c4cccc5[nH]ncc45)nc(N4CCOCC4)c3s2)CCC(CNC(=O)/C=C/c2cnc[nH]2)=CO1. The van der Waals surface area contributed by atoms with Crippen molar-refractivity contribution >= 4 is 50.3 Å². The fraction of sp³-hybridized carbons (Fsp3) is 0.300. The van der Waals surface area contributed by atoms with Crippen LogP contribution in [0, 0.1) is 0 Å². The quantitative estimate of drug-likeness (QED) is 0.238. The summed E-state index contributed by atoms with van der Waals surface area (Å²) < 4.78 is 13.0. The molecule has 4 aromatic heterocycles. The molecule has 1 aromatic carbocycles. The second-order valence-electron chi connectivity index (χ2n) is 10.6. The monoisotopic (exact) mass is 582 g/mol. The van der Waals surface area contributed by atoms with Crippen LogP contribution in [0.2, 0.25) is 0 Å². The van der Waals surface area contributed by atoms with E-state index in [9.17, 15) is 4.79 Å². The average Bonchev–Trinajstić information content (AvgIpc) is 3.81. The molecule has 3 N–H and O–H groups in total. The van der Waals surface area contributed by atoms with Crippen molar-refractivity contribution in [1.29, 1.82) is 0 Å². The van der Waals surface area contributed by atoms with Crippen molar-refractivity contribution in [2.75, 3.05) is 37.7 Å². The minimum Gasteiger partial charge on any atom is -0.490 e. The Kier molecular flexibility index (Phi) is 6.92. The second kappa shape index (κ2) is 11.0. The summed E-state index contributed by atoms with van der Waals surface area (Å²) in [5.74, 6) is 1.44. The smallest absolute Gasteiger partial charge is 0.244 e. The van der Waals surface area contributed by atoms with Gasteiger partial charge in [0, 0.05) is 36.7 Å². The zero-order valence-corrected chi connectivity index (χ0v) is 23.9. The number of rotatable bonds is 7. The average molecular weight is 583 g/mol. The van der Waals surface area contributed by atoms with Gasteiger partial charge in [0.25, 0.3) is 0 Å². The minimum atomic E-state index is -0.508. The third kappa shape index (κ3) is 5.14. The lowest BCUT2D eigenvalue weighted by Gasteiger charge is -2.32. The number of aromatic amines is 2. The number of amides is 1. The Morgan fingerprint density at radius 1 is 1.24 bits per heavy atom. The van der Waals surface area contributed by atoms with Crippen LogP contribution >= 0.6 is 11.3 Å². The van der Waals surface area contributed by atoms with Crippen LogP contribution in [-0.2, 0) is 19.9 Å². The summed E-state index contributed by atoms with van der Waals surface area (Å²) in [7, 11) is 0. The Morgan fingerprint density at radius 2 is 2.14 bits per heavy atom. The van der Waals surface area contributed by atoms with Gasteiger partial charge in [-0.2, -0.15) is 5.10 Å². The highest BCUT2D eigenvalue weighted by molar-refractivity contribution is 7.19. The summed E-state index contributed by atoms with van der Waals surface area (Å²) in [6.07, 6.45) is 11.6. The maximum Gasteiger partial charge on any atom is 0.244 e. The van der Waals surface area contributed by atoms with Gasteiger partial charge in [0.1, 0.15) is 5.60 Å². The zero-order valence-electron chi connectivity index (χ0n) is 23.1. The standard InChI is InChI=1S/C30H30N8O3S/c1-30(8-7-19(17-41-30)14-32-26(39)6-5-20-15-31-18-33-20)25-13-24-27(42-25)29(38-9-11-40-12-10-38)36-28(35-24)21-3-2-4-23-22(21)16-34-37-23/h2-6,13,15-18H,7-12,14H2,1H3,(H,31,33)(H,32,39)(H,34,37)/b6-5+. The minimum absolute atomic E-state index is 0.167. The van der Waals surface area contributed by atoms with Crippen LogP contribution in [0.5, 0.6) is 0 Å². The van der Waals surface area contributed by atoms with E-state index in [1.165, 1.54) is 6.08 Å². The predicted molar refractivity (Wildman–Crippen MR) is 162 cm³/mol. The van der Waals surface area contributed by atoms with Crippen LogP contribution in [0.3, 0.4) is 0 Å². The maximum atomic E-state index is 12.3. The molecule has 1 atom stereocenters. The van der Waals surface area contributed by atoms with E-state index in [4.69, 9.17) is 19.4 Å². The molecule has 12 heteroatoms. The number of hydrogen-bond acceptors (Lipinski definition) is 9. The van der Waals surface area contributed by atoms with Gasteiger partial charge in [-0.3, -0.25) is 9.89 Å². The van der Waals surface area contributed by atoms with Crippen molar-refractivity contribution in [2.45, 2.75) is 25.4 Å². The van der Waals surface area contributed by atoms with Gasteiger partial charge < -0.3 is 24.7 Å². The molecule has 0 radical (unpaired) electrons. The first-order chi connectivity index (χ1) is 20.6. The first-order valence-corrected chi connectivity index (χ1v) is 14.7. The Labute approximate surface area is 245 Å². The van der Waals surface area contributed by atoms with Crippen LogP contribution in [0.25, 0.3) is 38.6 Å². The fourth-order valence-corrected chi connectivity index (χ4v) is 6.50. The normalized spacial score (nSPS) is 19.4. The van der Waals surface area contributed by atoms with Crippen molar-refractivity contribution in [2.24, 2.45) is 0 Å². The molecule has 2 aliphatic rings. The molecule has 1 unspecified atom stereocenters. The summed E-state index contributed by atoms with van der Waals surface area (Å²) in [6.45, 7) is 5.44. The molecule has 214 valence electrons. The van der Waals surface area contributed by atoms with Gasteiger partial charge >= 0.3 is 0 Å². The Balaban J connectivity index is 1.15. The number of benzene rings is 1. The number of hydrogen-bond donors (Lipinski definition) is 3. The van der Waals surface area contributed by atoms with Crippen LogP contribution in [0.15, 0.2) is 60.9 Å². The van der Waals surface area contributed by atoms with Crippen LogP contribution in [0.4, 0.5) is 5.82 Å². The maximum absolute atomic E-state index is 12.3. The molecule has 2 aliphatic heterocycles. The van der Waals surface area contributed by atoms with Crippen molar-refractivity contribution < 1.29 is 14.3 Å². The zero-order chi connectivity index (χ0) is 28.5. The highest BCUT2D eigenvalue weighted by Gasteiger charge is 2.34. The van der Waals surface area contributed by atoms with Crippen molar-refractivity contribution in [3.8, 4) is 11.4 Å². The van der Waals surface area contributed by atoms with Crippen LogP contribution in [-0.4, -0.2) is 68.9 Å². The third-order valence-corrected chi connectivity index (χ3v) is 9.11. The molecule has 1 fully saturated rings. The number of H-pyrrole nitrogens is 2. The van der Waals surface area contributed by atoms with E-state index in [1.807, 2.05) is 24.4 Å². The molecule has 6 heterocycles. The molecule has 1 saturated heterocycles. The topological polar surface area (TPSA) is 134 Å². The second-order valence-corrected chi connectivity index (χ2v) is 11.7. The molecule has 7 rings (SSSR count). The lowest BCUT2D eigenvalue weighted by atomic mass is 9.93. The van der Waals surface area contributed by atoms with E-state index in [-0.39, 0.29) is 5.91 Å². The van der Waals surface area contributed by atoms with Crippen LogP contribution < -0.4 is 10.2 Å². The van der Waals surface area contributed by atoms with Gasteiger partial charge in [0.15, 0.2) is 11.6 Å². The highest BCUT2D eigenvalue weighted by atomic mass is 32.1. The molecule has 5 aromatic rings. The number of morpholine rings is 1. The van der Waals surface area contributed by atoms with Gasteiger partial charge in [-0.25, -0.2) is 15.0 Å². The third-order valence-electron chi connectivity index (χ3n) is 7.74. The van der Waals surface area contributed by atoms with Gasteiger partial charge in [-0.05, 0) is 43.5 Å². The van der Waals surface area contributed by atoms with Gasteiger partial charge in [-0.15, -0.1) is 11.3 Å². The number of ether oxygens (including phenoxy) is 2. The predicted octanol–water partition coefficient (Wildman–Crippen LogP) is 4.53. The van der Waals surface area contributed by atoms with E-state index in [2.05, 4.69) is 43.4 Å². The van der Waals surface area contributed by atoms with E-state index in [0.29, 0.717) is 25.6 Å². The summed E-state index contributed by atoms with van der Waals surface area (Å²) in [5, 5.41) is 11.2. The van der Waals surface area contributed by atoms with Crippen molar-refractivity contribution in [1.82, 2.24) is 35.5 Å². The molecule has 11 nitrogen and oxygen atoms in total. The molecule has 0 saturated carbocycles. The number of thiophene rings is 1. The van der Waals surface area contributed by atoms with E-state index >= 15 is 0 Å². The van der Waals surface area contributed by atoms with Crippen molar-refractivity contribution in [3.05, 3.63) is 71.5 Å². The molecular weight excluding hydrogens is 552 g/mol. The Morgan fingerprint density at radius 3 is 2.95 bits per heavy atom. The number of imidazole rings is 1. The molecule has 0 spiro atoms. The van der Waals surface area contributed by atoms with Crippen molar-refractivity contribution in [3.63, 3.8) is 0 Å². The Hall–Kier alpha value is -4.55. The number of nitrogens with one attached hydrogen (secondary N) is 3. The molecule has 0 aliphatic carbocycles. The molecule has 1 amide bonds.